The summed E-state index contributed by atoms with van der Waals surface area (Å²) >= 11 is 0. The maximum atomic E-state index is 10.7. The topological polar surface area (TPSA) is 83.7 Å². The third kappa shape index (κ3) is 2.91. The molecule has 0 aliphatic rings. The van der Waals surface area contributed by atoms with Gasteiger partial charge in [-0.1, -0.05) is 0 Å². The minimum atomic E-state index is -1.25. The quantitative estimate of drug-likeness (QED) is 0.512. The number of carboxylic acids is 1. The average molecular weight is 240 g/mol. The van der Waals surface area contributed by atoms with Crippen molar-refractivity contribution in [2.75, 3.05) is 0 Å². The van der Waals surface area contributed by atoms with Gasteiger partial charge in [-0.2, -0.15) is 5.10 Å². The number of aryl methyl sites for hydroxylation is 2. The van der Waals surface area contributed by atoms with E-state index in [2.05, 4.69) is 15.1 Å². The summed E-state index contributed by atoms with van der Waals surface area (Å²) in [6.07, 6.45) is 2.94. The Bertz CT molecular complexity index is 553. The van der Waals surface area contributed by atoms with Crippen molar-refractivity contribution >= 4 is 5.97 Å². The molecule has 0 saturated carbocycles. The van der Waals surface area contributed by atoms with Gasteiger partial charge in [0.2, 0.25) is 0 Å². The summed E-state index contributed by atoms with van der Waals surface area (Å²) < 4.78 is 1.33. The molecule has 17 heavy (non-hydrogen) atoms. The molecule has 0 amide bonds. The predicted molar refractivity (Wildman–Crippen MR) is 53.0 cm³/mol. The van der Waals surface area contributed by atoms with Crippen LogP contribution in [0.3, 0.4) is 0 Å². The molecule has 6 nitrogen and oxygen atoms in total. The van der Waals surface area contributed by atoms with E-state index in [4.69, 9.17) is 0 Å². The van der Waals surface area contributed by atoms with Crippen LogP contribution in [0.5, 0.6) is 0 Å². The zero-order chi connectivity index (χ0) is 11.7. The summed E-state index contributed by atoms with van der Waals surface area (Å²) in [6, 6.07) is 1.75. The first-order valence-electron chi connectivity index (χ1n) is 4.65. The number of hydrogen-bond donors (Lipinski definition) is 0. The summed E-state index contributed by atoms with van der Waals surface area (Å²) in [5.41, 5.74) is 1.21. The van der Waals surface area contributed by atoms with Crippen LogP contribution in [-0.2, 0) is 0 Å². The number of hydrogen-bond acceptors (Lipinski definition) is 5. The maximum absolute atomic E-state index is 10.7. The fourth-order valence-corrected chi connectivity index (χ4v) is 1.31. The van der Waals surface area contributed by atoms with Crippen molar-refractivity contribution in [1.29, 1.82) is 0 Å². The van der Waals surface area contributed by atoms with E-state index in [1.165, 1.54) is 10.9 Å². The van der Waals surface area contributed by atoms with Gasteiger partial charge < -0.3 is 9.90 Å². The smallest absolute Gasteiger partial charge is 0.545 e. The minimum absolute atomic E-state index is 0. The Labute approximate surface area is 120 Å². The molecule has 2 aromatic rings. The van der Waals surface area contributed by atoms with Gasteiger partial charge in [-0.3, -0.25) is 0 Å². The molecule has 0 spiro atoms. The number of rotatable bonds is 2. The summed E-state index contributed by atoms with van der Waals surface area (Å²) in [5, 5.41) is 14.7. The second kappa shape index (κ2) is 5.39. The molecular formula is C10H9N4NaO2. The summed E-state index contributed by atoms with van der Waals surface area (Å²) in [7, 11) is 0. The zero-order valence-electron chi connectivity index (χ0n) is 9.84. The van der Waals surface area contributed by atoms with Crippen LogP contribution >= 0.6 is 0 Å². The number of aromatic nitrogens is 4. The number of carboxylic acid groups (broad SMARTS) is 1. The summed E-state index contributed by atoms with van der Waals surface area (Å²) in [5.74, 6) is -0.910. The molecule has 2 aromatic heterocycles. The molecule has 0 unspecified atom stereocenters. The van der Waals surface area contributed by atoms with Crippen molar-refractivity contribution in [3.05, 3.63) is 35.4 Å². The predicted octanol–water partition coefficient (Wildman–Crippen LogP) is -3.35. The van der Waals surface area contributed by atoms with Gasteiger partial charge in [0, 0.05) is 23.7 Å². The molecule has 0 fully saturated rings. The van der Waals surface area contributed by atoms with E-state index in [1.807, 2.05) is 6.92 Å². The van der Waals surface area contributed by atoms with Crippen LogP contribution in [0.25, 0.3) is 5.95 Å². The summed E-state index contributed by atoms with van der Waals surface area (Å²) in [4.78, 5) is 18.9. The number of nitrogens with zero attached hydrogens (tertiary/aromatic N) is 4. The Balaban J connectivity index is 0.00000144. The third-order valence-electron chi connectivity index (χ3n) is 2.11. The summed E-state index contributed by atoms with van der Waals surface area (Å²) in [6.45, 7) is 3.42. The van der Waals surface area contributed by atoms with Crippen molar-refractivity contribution in [1.82, 2.24) is 19.7 Å². The monoisotopic (exact) mass is 240 g/mol. The number of carbonyl (C=O) groups is 1. The van der Waals surface area contributed by atoms with Gasteiger partial charge in [0.05, 0.1) is 11.7 Å². The van der Waals surface area contributed by atoms with Crippen LogP contribution in [0.1, 0.15) is 21.7 Å². The van der Waals surface area contributed by atoms with Crippen LogP contribution < -0.4 is 34.7 Å². The Morgan fingerprint density at radius 1 is 1.41 bits per heavy atom. The fraction of sp³-hybridized carbons (Fsp3) is 0.200. The fourth-order valence-electron chi connectivity index (χ4n) is 1.31. The van der Waals surface area contributed by atoms with Gasteiger partial charge in [-0.05, 0) is 19.9 Å². The van der Waals surface area contributed by atoms with Crippen LogP contribution in [0.2, 0.25) is 0 Å². The van der Waals surface area contributed by atoms with Gasteiger partial charge in [-0.15, -0.1) is 0 Å². The van der Waals surface area contributed by atoms with Crippen molar-refractivity contribution in [3.63, 3.8) is 0 Å². The van der Waals surface area contributed by atoms with Gasteiger partial charge >= 0.3 is 29.6 Å². The zero-order valence-corrected chi connectivity index (χ0v) is 11.8. The van der Waals surface area contributed by atoms with E-state index < -0.39 is 5.97 Å². The second-order valence-electron chi connectivity index (χ2n) is 3.36. The Kier molecular flexibility index (Phi) is 4.39. The first-order chi connectivity index (χ1) is 7.58. The Morgan fingerprint density at radius 3 is 2.65 bits per heavy atom. The van der Waals surface area contributed by atoms with E-state index in [9.17, 15) is 9.90 Å². The van der Waals surface area contributed by atoms with Gasteiger partial charge in [0.1, 0.15) is 0 Å². The molecule has 0 N–H and O–H groups in total. The van der Waals surface area contributed by atoms with E-state index in [0.717, 1.165) is 5.69 Å². The van der Waals surface area contributed by atoms with Crippen molar-refractivity contribution < 1.29 is 39.5 Å². The van der Waals surface area contributed by atoms with Crippen LogP contribution in [0.15, 0.2) is 18.5 Å². The van der Waals surface area contributed by atoms with Crippen LogP contribution in [0, 0.1) is 13.8 Å². The van der Waals surface area contributed by atoms with Crippen LogP contribution in [-0.4, -0.2) is 25.7 Å². The van der Waals surface area contributed by atoms with E-state index in [-0.39, 0.29) is 35.1 Å². The Morgan fingerprint density at radius 2 is 2.12 bits per heavy atom. The molecule has 0 aliphatic heterocycles. The normalized spacial score (nSPS) is 9.76. The molecular weight excluding hydrogens is 231 g/mol. The first-order valence-corrected chi connectivity index (χ1v) is 4.65. The molecule has 0 saturated heterocycles. The van der Waals surface area contributed by atoms with Crippen molar-refractivity contribution in [3.8, 4) is 5.95 Å². The SMILES string of the molecule is Cc1ccnc(-n2cc(C(=O)[O-])c(C)n2)n1.[Na+]. The molecule has 82 valence electrons. The minimum Gasteiger partial charge on any atom is -0.545 e. The standard InChI is InChI=1S/C10H10N4O2.Na/c1-6-3-4-11-10(12-6)14-5-8(9(15)16)7(2)13-14;/h3-5H,1-2H3,(H,15,16);/q;+1/p-1. The van der Waals surface area contributed by atoms with E-state index in [1.54, 1.807) is 19.2 Å². The molecule has 0 radical (unpaired) electrons. The van der Waals surface area contributed by atoms with E-state index in [0.29, 0.717) is 11.6 Å². The molecule has 7 heteroatoms. The van der Waals surface area contributed by atoms with Crippen LogP contribution in [0.4, 0.5) is 0 Å². The van der Waals surface area contributed by atoms with E-state index >= 15 is 0 Å². The Hall–Kier alpha value is -1.24. The first kappa shape index (κ1) is 13.8. The average Bonchev–Trinajstić information content (AvgIpc) is 2.60. The number of aromatic carboxylic acids is 1. The van der Waals surface area contributed by atoms with Crippen molar-refractivity contribution in [2.45, 2.75) is 13.8 Å². The largest absolute Gasteiger partial charge is 1.00 e. The molecule has 0 aliphatic carbocycles. The molecule has 0 bridgehead atoms. The van der Waals surface area contributed by atoms with Gasteiger partial charge in [0.25, 0.3) is 5.95 Å². The molecule has 0 aromatic carbocycles. The second-order valence-corrected chi connectivity index (χ2v) is 3.36. The van der Waals surface area contributed by atoms with Gasteiger partial charge in [-0.25, -0.2) is 14.6 Å². The third-order valence-corrected chi connectivity index (χ3v) is 2.11. The van der Waals surface area contributed by atoms with Gasteiger partial charge in [0.15, 0.2) is 0 Å². The van der Waals surface area contributed by atoms with Crippen molar-refractivity contribution in [2.24, 2.45) is 0 Å². The maximum Gasteiger partial charge on any atom is 1.00 e. The molecule has 2 heterocycles. The molecule has 2 rings (SSSR count). The number of carbonyl (C=O) groups excluding carboxylic acids is 1. The molecule has 0 atom stereocenters.